The Bertz CT molecular complexity index is 604. The molecule has 0 spiro atoms. The third-order valence-corrected chi connectivity index (χ3v) is 3.47. The minimum atomic E-state index is -0.0857. The number of hydrogen-bond acceptors (Lipinski definition) is 4. The molecule has 0 saturated heterocycles. The molecule has 6 nitrogen and oxygen atoms in total. The van der Waals surface area contributed by atoms with Gasteiger partial charge in [0.2, 0.25) is 11.7 Å². The van der Waals surface area contributed by atoms with Crippen LogP contribution in [0.2, 0.25) is 0 Å². The largest absolute Gasteiger partial charge is 0.352 e. The molecule has 0 atom stereocenters. The number of aromatic nitrogens is 4. The van der Waals surface area contributed by atoms with E-state index in [1.165, 1.54) is 4.80 Å². The standard InChI is InChI=1S/C15H21N5O/c1-4-12(5-2)16-14(21)10-20-18-15(17-19-20)13-9-7-6-8-11(13)3/h6-9,12H,4-5,10H2,1-3H3,(H,16,21). The molecule has 1 heterocycles. The predicted molar refractivity (Wildman–Crippen MR) is 80.5 cm³/mol. The summed E-state index contributed by atoms with van der Waals surface area (Å²) in [5, 5.41) is 15.2. The van der Waals surface area contributed by atoms with E-state index in [9.17, 15) is 4.79 Å². The highest BCUT2D eigenvalue weighted by atomic mass is 16.2. The van der Waals surface area contributed by atoms with Gasteiger partial charge in [0, 0.05) is 11.6 Å². The lowest BCUT2D eigenvalue weighted by molar-refractivity contribution is -0.122. The molecule has 0 bridgehead atoms. The number of amides is 1. The van der Waals surface area contributed by atoms with Gasteiger partial charge in [-0.25, -0.2) is 0 Å². The van der Waals surface area contributed by atoms with Crippen molar-refractivity contribution in [2.75, 3.05) is 0 Å². The van der Waals surface area contributed by atoms with E-state index in [1.807, 2.05) is 31.2 Å². The molecule has 0 aliphatic rings. The van der Waals surface area contributed by atoms with Crippen molar-refractivity contribution < 1.29 is 4.79 Å². The van der Waals surface area contributed by atoms with E-state index < -0.39 is 0 Å². The molecule has 0 unspecified atom stereocenters. The van der Waals surface area contributed by atoms with Gasteiger partial charge in [-0.2, -0.15) is 4.80 Å². The average molecular weight is 287 g/mol. The van der Waals surface area contributed by atoms with Crippen molar-refractivity contribution in [3.05, 3.63) is 29.8 Å². The second-order valence-corrected chi connectivity index (χ2v) is 5.04. The normalized spacial score (nSPS) is 10.9. The van der Waals surface area contributed by atoms with Crippen LogP contribution in [0.5, 0.6) is 0 Å². The lowest BCUT2D eigenvalue weighted by Gasteiger charge is -2.13. The van der Waals surface area contributed by atoms with Gasteiger partial charge in [0.25, 0.3) is 0 Å². The number of nitrogens with zero attached hydrogens (tertiary/aromatic N) is 4. The summed E-state index contributed by atoms with van der Waals surface area (Å²) in [7, 11) is 0. The summed E-state index contributed by atoms with van der Waals surface area (Å²) in [6.45, 7) is 6.20. The molecule has 2 rings (SSSR count). The Morgan fingerprint density at radius 1 is 1.29 bits per heavy atom. The fourth-order valence-electron chi connectivity index (χ4n) is 2.14. The molecule has 21 heavy (non-hydrogen) atoms. The second kappa shape index (κ2) is 6.97. The SMILES string of the molecule is CCC(CC)NC(=O)Cn1nnc(-c2ccccc2C)n1. The number of benzene rings is 1. The highest BCUT2D eigenvalue weighted by molar-refractivity contribution is 5.75. The number of aryl methyl sites for hydroxylation is 1. The van der Waals surface area contributed by atoms with E-state index in [1.54, 1.807) is 0 Å². The van der Waals surface area contributed by atoms with Crippen LogP contribution in [0, 0.1) is 6.92 Å². The van der Waals surface area contributed by atoms with Crippen LogP contribution in [0.25, 0.3) is 11.4 Å². The van der Waals surface area contributed by atoms with Gasteiger partial charge in [0.15, 0.2) is 0 Å². The van der Waals surface area contributed by atoms with Gasteiger partial charge < -0.3 is 5.32 Å². The van der Waals surface area contributed by atoms with Gasteiger partial charge in [-0.3, -0.25) is 4.79 Å². The second-order valence-electron chi connectivity index (χ2n) is 5.04. The zero-order chi connectivity index (χ0) is 15.2. The Hall–Kier alpha value is -2.24. The molecule has 0 aliphatic carbocycles. The van der Waals surface area contributed by atoms with Crippen molar-refractivity contribution in [1.82, 2.24) is 25.5 Å². The zero-order valence-corrected chi connectivity index (χ0v) is 12.7. The van der Waals surface area contributed by atoms with Crippen LogP contribution in [0.3, 0.4) is 0 Å². The summed E-state index contributed by atoms with van der Waals surface area (Å²) in [5.41, 5.74) is 2.02. The van der Waals surface area contributed by atoms with Crippen molar-refractivity contribution in [3.8, 4) is 11.4 Å². The minimum Gasteiger partial charge on any atom is -0.352 e. The smallest absolute Gasteiger partial charge is 0.243 e. The van der Waals surface area contributed by atoms with E-state index in [0.29, 0.717) is 5.82 Å². The topological polar surface area (TPSA) is 72.7 Å². The summed E-state index contributed by atoms with van der Waals surface area (Å²) in [5.74, 6) is 0.459. The monoisotopic (exact) mass is 287 g/mol. The number of carbonyl (C=O) groups is 1. The first kappa shape index (κ1) is 15.2. The third-order valence-electron chi connectivity index (χ3n) is 3.47. The Balaban J connectivity index is 2.04. The molecule has 0 fully saturated rings. The first-order valence-corrected chi connectivity index (χ1v) is 7.27. The molecule has 1 aromatic carbocycles. The quantitative estimate of drug-likeness (QED) is 0.881. The number of hydrogen-bond donors (Lipinski definition) is 1. The van der Waals surface area contributed by atoms with E-state index in [4.69, 9.17) is 0 Å². The fraction of sp³-hybridized carbons (Fsp3) is 0.467. The van der Waals surface area contributed by atoms with Gasteiger partial charge >= 0.3 is 0 Å². The molecule has 2 aromatic rings. The number of carbonyl (C=O) groups excluding carboxylic acids is 1. The lowest BCUT2D eigenvalue weighted by atomic mass is 10.1. The zero-order valence-electron chi connectivity index (χ0n) is 12.7. The molecule has 0 aliphatic heterocycles. The van der Waals surface area contributed by atoms with Crippen molar-refractivity contribution in [3.63, 3.8) is 0 Å². The number of nitrogens with one attached hydrogen (secondary N) is 1. The van der Waals surface area contributed by atoms with Gasteiger partial charge in [-0.15, -0.1) is 10.2 Å². The Kier molecular flexibility index (Phi) is 5.03. The van der Waals surface area contributed by atoms with E-state index in [2.05, 4.69) is 34.6 Å². The maximum absolute atomic E-state index is 11.9. The third kappa shape index (κ3) is 3.87. The molecular formula is C15H21N5O. The number of tetrazole rings is 1. The number of rotatable bonds is 6. The van der Waals surface area contributed by atoms with Crippen LogP contribution < -0.4 is 5.32 Å². The summed E-state index contributed by atoms with van der Waals surface area (Å²) in [6.07, 6.45) is 1.84. The van der Waals surface area contributed by atoms with E-state index in [-0.39, 0.29) is 18.5 Å². The Morgan fingerprint density at radius 3 is 2.67 bits per heavy atom. The minimum absolute atomic E-state index is 0.0857. The first-order chi connectivity index (χ1) is 10.1. The molecule has 6 heteroatoms. The Labute approximate surface area is 124 Å². The summed E-state index contributed by atoms with van der Waals surface area (Å²) < 4.78 is 0. The Morgan fingerprint density at radius 2 is 2.00 bits per heavy atom. The fourth-order valence-corrected chi connectivity index (χ4v) is 2.14. The summed E-state index contributed by atoms with van der Waals surface area (Å²) >= 11 is 0. The van der Waals surface area contributed by atoms with Crippen LogP contribution in [-0.2, 0) is 11.3 Å². The molecular weight excluding hydrogens is 266 g/mol. The molecule has 0 radical (unpaired) electrons. The van der Waals surface area contributed by atoms with Gasteiger partial charge in [-0.05, 0) is 30.5 Å². The predicted octanol–water partition coefficient (Wildman–Crippen LogP) is 1.95. The van der Waals surface area contributed by atoms with Gasteiger partial charge in [-0.1, -0.05) is 38.1 Å². The molecule has 1 aromatic heterocycles. The highest BCUT2D eigenvalue weighted by Gasteiger charge is 2.12. The van der Waals surface area contributed by atoms with Crippen LogP contribution in [0.4, 0.5) is 0 Å². The van der Waals surface area contributed by atoms with Crippen molar-refractivity contribution in [2.24, 2.45) is 0 Å². The highest BCUT2D eigenvalue weighted by Crippen LogP contribution is 2.17. The average Bonchev–Trinajstić information content (AvgIpc) is 2.93. The van der Waals surface area contributed by atoms with Crippen LogP contribution in [0.1, 0.15) is 32.3 Å². The van der Waals surface area contributed by atoms with Crippen LogP contribution >= 0.6 is 0 Å². The summed E-state index contributed by atoms with van der Waals surface area (Å²) in [4.78, 5) is 13.2. The van der Waals surface area contributed by atoms with Crippen molar-refractivity contribution >= 4 is 5.91 Å². The molecule has 1 N–H and O–H groups in total. The molecule has 1 amide bonds. The molecule has 0 saturated carbocycles. The van der Waals surface area contributed by atoms with Crippen molar-refractivity contribution in [2.45, 2.75) is 46.2 Å². The van der Waals surface area contributed by atoms with E-state index in [0.717, 1.165) is 24.0 Å². The van der Waals surface area contributed by atoms with E-state index >= 15 is 0 Å². The first-order valence-electron chi connectivity index (χ1n) is 7.27. The lowest BCUT2D eigenvalue weighted by Crippen LogP contribution is -2.36. The van der Waals surface area contributed by atoms with Crippen molar-refractivity contribution in [1.29, 1.82) is 0 Å². The van der Waals surface area contributed by atoms with Crippen LogP contribution in [-0.4, -0.2) is 32.2 Å². The molecule has 112 valence electrons. The van der Waals surface area contributed by atoms with Crippen LogP contribution in [0.15, 0.2) is 24.3 Å². The maximum Gasteiger partial charge on any atom is 0.243 e. The maximum atomic E-state index is 11.9. The summed E-state index contributed by atoms with van der Waals surface area (Å²) in [6, 6.07) is 8.04. The van der Waals surface area contributed by atoms with Gasteiger partial charge in [0.05, 0.1) is 0 Å². The van der Waals surface area contributed by atoms with Gasteiger partial charge in [0.1, 0.15) is 6.54 Å².